The van der Waals surface area contributed by atoms with Gasteiger partial charge in [0.2, 0.25) is 0 Å². The van der Waals surface area contributed by atoms with E-state index in [1.807, 2.05) is 25.1 Å². The number of benzene rings is 1. The molecular weight excluding hydrogens is 262 g/mol. The summed E-state index contributed by atoms with van der Waals surface area (Å²) in [5.74, 6) is 1.57. The molecule has 3 rings (SSSR count). The minimum absolute atomic E-state index is 0.168. The molecule has 21 heavy (non-hydrogen) atoms. The Kier molecular flexibility index (Phi) is 3.76. The Bertz CT molecular complexity index is 630. The molecule has 1 aromatic heterocycles. The summed E-state index contributed by atoms with van der Waals surface area (Å²) >= 11 is 0. The number of aryl methyl sites for hydroxylation is 1. The van der Waals surface area contributed by atoms with E-state index in [0.29, 0.717) is 12.0 Å². The maximum atomic E-state index is 10.1. The molecule has 1 fully saturated rings. The third kappa shape index (κ3) is 2.70. The zero-order chi connectivity index (χ0) is 15.0. The number of nitrogens with one attached hydrogen (secondary N) is 1. The van der Waals surface area contributed by atoms with Crippen molar-refractivity contribution >= 4 is 11.0 Å². The van der Waals surface area contributed by atoms with Crippen LogP contribution in [0.5, 0.6) is 0 Å². The average molecular weight is 287 g/mol. The summed E-state index contributed by atoms with van der Waals surface area (Å²) in [6.07, 6.45) is 2.40. The Labute approximate surface area is 126 Å². The van der Waals surface area contributed by atoms with Crippen LogP contribution in [0.15, 0.2) is 24.3 Å². The quantitative estimate of drug-likeness (QED) is 0.858. The number of rotatable bonds is 6. The number of aliphatic hydroxyl groups excluding tert-OH is 1. The van der Waals surface area contributed by atoms with E-state index in [1.54, 1.807) is 0 Å². The molecule has 0 aliphatic heterocycles. The second kappa shape index (κ2) is 5.43. The fourth-order valence-corrected chi connectivity index (χ4v) is 3.41. The third-order valence-corrected chi connectivity index (χ3v) is 4.50. The van der Waals surface area contributed by atoms with Crippen molar-refractivity contribution in [3.8, 4) is 0 Å². The number of para-hydroxylation sites is 2. The van der Waals surface area contributed by atoms with Crippen LogP contribution in [0.1, 0.15) is 32.5 Å². The van der Waals surface area contributed by atoms with Crippen LogP contribution in [0.4, 0.5) is 0 Å². The fourth-order valence-electron chi connectivity index (χ4n) is 3.41. The summed E-state index contributed by atoms with van der Waals surface area (Å²) < 4.78 is 2.25. The van der Waals surface area contributed by atoms with Gasteiger partial charge >= 0.3 is 0 Å². The molecule has 1 heterocycles. The van der Waals surface area contributed by atoms with Gasteiger partial charge in [0.1, 0.15) is 5.82 Å². The Morgan fingerprint density at radius 3 is 2.71 bits per heavy atom. The van der Waals surface area contributed by atoms with E-state index < -0.39 is 0 Å². The molecule has 0 saturated heterocycles. The Morgan fingerprint density at radius 2 is 2.10 bits per heavy atom. The number of hydrogen-bond acceptors (Lipinski definition) is 3. The lowest BCUT2D eigenvalue weighted by molar-refractivity contribution is 0.114. The molecule has 4 heteroatoms. The van der Waals surface area contributed by atoms with Crippen LogP contribution in [-0.2, 0) is 6.54 Å². The van der Waals surface area contributed by atoms with E-state index in [2.05, 4.69) is 34.8 Å². The van der Waals surface area contributed by atoms with Crippen LogP contribution < -0.4 is 5.32 Å². The molecular formula is C17H25N3O. The lowest BCUT2D eigenvalue weighted by Crippen LogP contribution is -2.56. The van der Waals surface area contributed by atoms with Crippen molar-refractivity contribution in [1.29, 1.82) is 0 Å². The first-order chi connectivity index (χ1) is 10.1. The zero-order valence-electron chi connectivity index (χ0n) is 13.1. The minimum Gasteiger partial charge on any atom is -0.394 e. The highest BCUT2D eigenvalue weighted by Gasteiger charge is 2.45. The molecule has 0 radical (unpaired) electrons. The second-order valence-electron chi connectivity index (χ2n) is 6.62. The van der Waals surface area contributed by atoms with E-state index in [1.165, 1.54) is 12.8 Å². The van der Waals surface area contributed by atoms with Crippen LogP contribution in [0.25, 0.3) is 11.0 Å². The minimum atomic E-state index is -0.234. The molecule has 1 unspecified atom stereocenters. The first kappa shape index (κ1) is 14.5. The summed E-state index contributed by atoms with van der Waals surface area (Å²) in [7, 11) is 0. The molecule has 2 N–H and O–H groups in total. The largest absolute Gasteiger partial charge is 0.394 e. The van der Waals surface area contributed by atoms with Gasteiger partial charge in [-0.1, -0.05) is 26.0 Å². The van der Waals surface area contributed by atoms with E-state index in [9.17, 15) is 5.11 Å². The van der Waals surface area contributed by atoms with Crippen molar-refractivity contribution in [2.24, 2.45) is 5.92 Å². The summed E-state index contributed by atoms with van der Waals surface area (Å²) in [4.78, 5) is 4.64. The predicted octanol–water partition coefficient (Wildman–Crippen LogP) is 2.48. The lowest BCUT2D eigenvalue weighted by Gasteiger charge is -2.36. The molecule has 1 aliphatic rings. The van der Waals surface area contributed by atoms with Crippen molar-refractivity contribution < 1.29 is 5.11 Å². The maximum Gasteiger partial charge on any atom is 0.106 e. The molecule has 4 nitrogen and oxygen atoms in total. The summed E-state index contributed by atoms with van der Waals surface area (Å²) in [5, 5.41) is 13.7. The van der Waals surface area contributed by atoms with Crippen LogP contribution in [0.3, 0.4) is 0 Å². The molecule has 1 aliphatic carbocycles. The standard InChI is InChI=1S/C17H25N3O/c1-12(2)19-17(11-21,14-8-9-14)10-20-13(3)18-15-6-4-5-7-16(15)20/h4-7,12,14,19,21H,8-11H2,1-3H3. The molecule has 0 bridgehead atoms. The summed E-state index contributed by atoms with van der Waals surface area (Å²) in [6.45, 7) is 7.28. The molecule has 0 spiro atoms. The Balaban J connectivity index is 1.99. The highest BCUT2D eigenvalue weighted by atomic mass is 16.3. The first-order valence-corrected chi connectivity index (χ1v) is 7.86. The van der Waals surface area contributed by atoms with Gasteiger partial charge in [-0.15, -0.1) is 0 Å². The van der Waals surface area contributed by atoms with Crippen molar-refractivity contribution in [3.05, 3.63) is 30.1 Å². The molecule has 0 amide bonds. The van der Waals surface area contributed by atoms with Crippen LogP contribution in [-0.4, -0.2) is 32.8 Å². The van der Waals surface area contributed by atoms with E-state index in [-0.39, 0.29) is 12.1 Å². The van der Waals surface area contributed by atoms with Gasteiger partial charge in [-0.25, -0.2) is 4.98 Å². The van der Waals surface area contributed by atoms with Gasteiger partial charge in [0, 0.05) is 12.6 Å². The van der Waals surface area contributed by atoms with Crippen LogP contribution in [0, 0.1) is 12.8 Å². The van der Waals surface area contributed by atoms with Gasteiger partial charge in [-0.05, 0) is 37.8 Å². The molecule has 2 aromatic rings. The van der Waals surface area contributed by atoms with Crippen LogP contribution in [0.2, 0.25) is 0 Å². The Morgan fingerprint density at radius 1 is 1.38 bits per heavy atom. The van der Waals surface area contributed by atoms with Gasteiger partial charge in [-0.2, -0.15) is 0 Å². The van der Waals surface area contributed by atoms with Gasteiger partial charge in [0.05, 0.1) is 23.2 Å². The van der Waals surface area contributed by atoms with Gasteiger partial charge in [0.15, 0.2) is 0 Å². The van der Waals surface area contributed by atoms with Gasteiger partial charge in [0.25, 0.3) is 0 Å². The van der Waals surface area contributed by atoms with E-state index in [0.717, 1.165) is 23.4 Å². The normalized spacial score (nSPS) is 18.3. The molecule has 1 aromatic carbocycles. The monoisotopic (exact) mass is 287 g/mol. The number of aromatic nitrogens is 2. The van der Waals surface area contributed by atoms with Gasteiger partial charge < -0.3 is 15.0 Å². The van der Waals surface area contributed by atoms with Crippen molar-refractivity contribution in [1.82, 2.24) is 14.9 Å². The number of nitrogens with zero attached hydrogens (tertiary/aromatic N) is 2. The summed E-state index contributed by atoms with van der Waals surface area (Å²) in [5.41, 5.74) is 1.95. The van der Waals surface area contributed by atoms with E-state index >= 15 is 0 Å². The number of fused-ring (bicyclic) bond motifs is 1. The number of imidazole rings is 1. The fraction of sp³-hybridized carbons (Fsp3) is 0.588. The van der Waals surface area contributed by atoms with E-state index in [4.69, 9.17) is 0 Å². The second-order valence-corrected chi connectivity index (χ2v) is 6.62. The number of aliphatic hydroxyl groups is 1. The molecule has 1 saturated carbocycles. The van der Waals surface area contributed by atoms with Crippen LogP contribution >= 0.6 is 0 Å². The zero-order valence-corrected chi connectivity index (χ0v) is 13.1. The molecule has 1 atom stereocenters. The third-order valence-electron chi connectivity index (χ3n) is 4.50. The molecule has 114 valence electrons. The summed E-state index contributed by atoms with van der Waals surface area (Å²) in [6, 6.07) is 8.58. The SMILES string of the molecule is Cc1nc2ccccc2n1CC(CO)(NC(C)C)C1CC1. The lowest BCUT2D eigenvalue weighted by atomic mass is 9.92. The van der Waals surface area contributed by atoms with Gasteiger partial charge in [-0.3, -0.25) is 0 Å². The topological polar surface area (TPSA) is 50.1 Å². The van der Waals surface area contributed by atoms with Crippen molar-refractivity contribution in [2.75, 3.05) is 6.61 Å². The van der Waals surface area contributed by atoms with Crippen molar-refractivity contribution in [2.45, 2.75) is 51.7 Å². The first-order valence-electron chi connectivity index (χ1n) is 7.86. The smallest absolute Gasteiger partial charge is 0.106 e. The predicted molar refractivity (Wildman–Crippen MR) is 85.3 cm³/mol. The number of hydrogen-bond donors (Lipinski definition) is 2. The highest BCUT2D eigenvalue weighted by molar-refractivity contribution is 5.75. The van der Waals surface area contributed by atoms with Crippen molar-refractivity contribution in [3.63, 3.8) is 0 Å². The average Bonchev–Trinajstić information content (AvgIpc) is 3.25. The highest BCUT2D eigenvalue weighted by Crippen LogP contribution is 2.41. The Hall–Kier alpha value is -1.39. The maximum absolute atomic E-state index is 10.1.